The Morgan fingerprint density at radius 2 is 1.31 bits per heavy atom. The van der Waals surface area contributed by atoms with Crippen LogP contribution in [0, 0.1) is 0 Å². The predicted octanol–water partition coefficient (Wildman–Crippen LogP) is 0.552. The number of rotatable bonds is 4. The molecule has 0 rings (SSSR count). The van der Waals surface area contributed by atoms with Gasteiger partial charge in [0.25, 0.3) is 0 Å². The Morgan fingerprint density at radius 3 is 1.54 bits per heavy atom. The molecule has 0 aliphatic rings. The normalized spacial score (nSPS) is 21.9. The summed E-state index contributed by atoms with van der Waals surface area (Å²) in [4.78, 5) is 32.6. The fourth-order valence-corrected chi connectivity index (χ4v) is 3.46. The third-order valence-corrected chi connectivity index (χ3v) is 4.28. The molecule has 9 nitrogen and oxygen atoms in total. The van der Waals surface area contributed by atoms with E-state index in [0.29, 0.717) is 0 Å². The Kier molecular flexibility index (Phi) is 4.31. The monoisotopic (exact) mass is 276 g/mol. The van der Waals surface area contributed by atoms with Gasteiger partial charge in [-0.2, -0.15) is 8.62 Å². The second-order valence-electron chi connectivity index (χ2n) is 1.57. The fourth-order valence-electron chi connectivity index (χ4n) is 0.277. The van der Waals surface area contributed by atoms with Crippen molar-refractivity contribution in [2.75, 3.05) is 0 Å². The van der Waals surface area contributed by atoms with E-state index in [-0.39, 0.29) is 0 Å². The summed E-state index contributed by atoms with van der Waals surface area (Å²) in [5.41, 5.74) is 0. The number of halogens is 1. The predicted molar refractivity (Wildman–Crippen MR) is 39.7 cm³/mol. The van der Waals surface area contributed by atoms with Crippen molar-refractivity contribution in [3.8, 4) is 0 Å². The van der Waals surface area contributed by atoms with E-state index in [1.165, 1.54) is 0 Å². The van der Waals surface area contributed by atoms with Gasteiger partial charge < -0.3 is 19.6 Å². The average Bonchev–Trinajstić information content (AvgIpc) is 1.43. The highest BCUT2D eigenvalue weighted by molar-refractivity contribution is 7.85. The van der Waals surface area contributed by atoms with Crippen LogP contribution in [0.2, 0.25) is 0 Å². The number of phosphoric acid groups is 2. The maximum absolute atomic E-state index is 10.4. The van der Waals surface area contributed by atoms with E-state index >= 15 is 0 Å². The van der Waals surface area contributed by atoms with Gasteiger partial charge in [-0.1, -0.05) is 0 Å². The molecule has 13 heavy (non-hydrogen) atoms. The molecular formula is H4ClO9P3. The van der Waals surface area contributed by atoms with Crippen LogP contribution in [0.1, 0.15) is 0 Å². The van der Waals surface area contributed by atoms with Crippen molar-refractivity contribution in [3.63, 3.8) is 0 Å². The van der Waals surface area contributed by atoms with Gasteiger partial charge in [0.05, 0.1) is 0 Å². The first-order chi connectivity index (χ1) is 5.41. The maximum atomic E-state index is 10.4. The van der Waals surface area contributed by atoms with Gasteiger partial charge in [0, 0.05) is 11.2 Å². The number of hydrogen-bond acceptors (Lipinski definition) is 5. The van der Waals surface area contributed by atoms with E-state index in [1.807, 2.05) is 0 Å². The number of hydrogen-bond donors (Lipinski definition) is 4. The molecule has 0 aromatic rings. The summed E-state index contributed by atoms with van der Waals surface area (Å²) < 4.78 is 37.0. The van der Waals surface area contributed by atoms with Crippen LogP contribution in [0.3, 0.4) is 0 Å². The van der Waals surface area contributed by atoms with Crippen molar-refractivity contribution >= 4 is 33.8 Å². The van der Waals surface area contributed by atoms with Crippen molar-refractivity contribution in [2.24, 2.45) is 0 Å². The van der Waals surface area contributed by atoms with Crippen LogP contribution in [0.25, 0.3) is 0 Å². The summed E-state index contributed by atoms with van der Waals surface area (Å²) in [6.45, 7) is -4.88. The van der Waals surface area contributed by atoms with Crippen molar-refractivity contribution in [1.29, 1.82) is 0 Å². The first kappa shape index (κ1) is 13.7. The van der Waals surface area contributed by atoms with Crippen molar-refractivity contribution in [2.45, 2.75) is 0 Å². The first-order valence-corrected chi connectivity index (χ1v) is 7.76. The lowest BCUT2D eigenvalue weighted by Crippen LogP contribution is -1.89. The van der Waals surface area contributed by atoms with Crippen LogP contribution in [-0.2, 0) is 22.3 Å². The molecule has 0 heterocycles. The zero-order valence-corrected chi connectivity index (χ0v) is 8.99. The van der Waals surface area contributed by atoms with Gasteiger partial charge in [0.2, 0.25) is 0 Å². The molecule has 0 saturated heterocycles. The summed E-state index contributed by atoms with van der Waals surface area (Å²) in [6.07, 6.45) is 0. The SMILES string of the molecule is O=P(O)(O)OP(=O)(O)OP(=O)(O)Cl. The Bertz CT molecular complexity index is 277. The molecular weight excluding hydrogens is 272 g/mol. The quantitative estimate of drug-likeness (QED) is 0.539. The minimum Gasteiger partial charge on any atom is -0.312 e. The molecule has 0 saturated carbocycles. The molecule has 0 aliphatic heterocycles. The lowest BCUT2D eigenvalue weighted by atomic mass is 15.7. The molecule has 0 amide bonds. The Labute approximate surface area is 76.4 Å². The third kappa shape index (κ3) is 9.05. The molecule has 0 radical (unpaired) electrons. The van der Waals surface area contributed by atoms with E-state index in [1.54, 1.807) is 0 Å². The molecule has 0 aromatic heterocycles. The third-order valence-electron chi connectivity index (χ3n) is 0.413. The van der Waals surface area contributed by atoms with Gasteiger partial charge >= 0.3 is 22.6 Å². The first-order valence-electron chi connectivity index (χ1n) is 2.25. The smallest absolute Gasteiger partial charge is 0.312 e. The second kappa shape index (κ2) is 4.08. The van der Waals surface area contributed by atoms with E-state index in [2.05, 4.69) is 19.9 Å². The van der Waals surface area contributed by atoms with Crippen LogP contribution < -0.4 is 0 Å². The van der Waals surface area contributed by atoms with E-state index in [9.17, 15) is 13.7 Å². The molecule has 80 valence electrons. The summed E-state index contributed by atoms with van der Waals surface area (Å²) in [5.74, 6) is 0. The van der Waals surface area contributed by atoms with Crippen LogP contribution in [-0.4, -0.2) is 19.6 Å². The van der Waals surface area contributed by atoms with Gasteiger partial charge in [-0.15, -0.1) is 0 Å². The van der Waals surface area contributed by atoms with Gasteiger partial charge in [-0.05, 0) is 0 Å². The maximum Gasteiger partial charge on any atom is 0.489 e. The summed E-state index contributed by atoms with van der Waals surface area (Å²) in [5, 5.41) is 0. The minimum atomic E-state index is -5.34. The van der Waals surface area contributed by atoms with E-state index in [0.717, 1.165) is 0 Å². The highest BCUT2D eigenvalue weighted by Crippen LogP contribution is 2.67. The zero-order valence-electron chi connectivity index (χ0n) is 5.55. The second-order valence-corrected chi connectivity index (χ2v) is 6.98. The summed E-state index contributed by atoms with van der Waals surface area (Å²) in [7, 11) is -10.6. The minimum absolute atomic E-state index is 3.14. The fraction of sp³-hybridized carbons (Fsp3) is 0. The average molecular weight is 276 g/mol. The summed E-state index contributed by atoms with van der Waals surface area (Å²) in [6, 6.07) is 0. The van der Waals surface area contributed by atoms with Gasteiger partial charge in [0.1, 0.15) is 0 Å². The lowest BCUT2D eigenvalue weighted by Gasteiger charge is -2.11. The molecule has 0 bridgehead atoms. The zero-order chi connectivity index (χ0) is 10.9. The van der Waals surface area contributed by atoms with Gasteiger partial charge in [0.15, 0.2) is 0 Å². The van der Waals surface area contributed by atoms with Crippen molar-refractivity contribution < 1.29 is 41.9 Å². The van der Waals surface area contributed by atoms with Crippen LogP contribution >= 0.6 is 33.8 Å². The Hall–Kier alpha value is 0.740. The molecule has 13 heteroatoms. The van der Waals surface area contributed by atoms with Crippen LogP contribution in [0.5, 0.6) is 0 Å². The highest BCUT2D eigenvalue weighted by atomic mass is 35.7. The summed E-state index contributed by atoms with van der Waals surface area (Å²) >= 11 is 4.47. The van der Waals surface area contributed by atoms with E-state index < -0.39 is 22.6 Å². The molecule has 0 fully saturated rings. The molecule has 0 spiro atoms. The molecule has 2 atom stereocenters. The van der Waals surface area contributed by atoms with Crippen molar-refractivity contribution in [3.05, 3.63) is 0 Å². The van der Waals surface area contributed by atoms with E-state index in [4.69, 9.17) is 19.6 Å². The van der Waals surface area contributed by atoms with Crippen LogP contribution in [0.15, 0.2) is 0 Å². The topological polar surface area (TPSA) is 151 Å². The van der Waals surface area contributed by atoms with Crippen molar-refractivity contribution in [1.82, 2.24) is 0 Å². The molecule has 4 N–H and O–H groups in total. The van der Waals surface area contributed by atoms with Gasteiger partial charge in [-0.25, -0.2) is 13.7 Å². The molecule has 0 aliphatic carbocycles. The highest BCUT2D eigenvalue weighted by Gasteiger charge is 2.38. The van der Waals surface area contributed by atoms with Gasteiger partial charge in [-0.3, -0.25) is 0 Å². The van der Waals surface area contributed by atoms with Crippen LogP contribution in [0.4, 0.5) is 0 Å². The largest absolute Gasteiger partial charge is 0.489 e. The standard InChI is InChI=1S/ClH4O9P3/c1-11(2,3)9-13(7,8)10-12(4,5)6/h(H,2,3)(H,7,8)(H2,4,5,6). The molecule has 2 unspecified atom stereocenters. The Morgan fingerprint density at radius 1 is 0.923 bits per heavy atom. The molecule has 0 aromatic carbocycles. The lowest BCUT2D eigenvalue weighted by molar-refractivity contribution is 0.225. The Balaban J connectivity index is 4.54.